The predicted molar refractivity (Wildman–Crippen MR) is 100 cm³/mol. The molecule has 6 nitrogen and oxygen atoms in total. The number of nitrogens with one attached hydrogen (secondary N) is 1. The van der Waals surface area contributed by atoms with Gasteiger partial charge in [0.2, 0.25) is 5.91 Å². The van der Waals surface area contributed by atoms with E-state index in [1.807, 2.05) is 0 Å². The molecule has 1 N–H and O–H groups in total. The van der Waals surface area contributed by atoms with Gasteiger partial charge in [0.25, 0.3) is 0 Å². The van der Waals surface area contributed by atoms with E-state index < -0.39 is 11.7 Å². The standard InChI is InChI=1S/C19H20F3N5O/c1-11-7-13(19(20,21)22)8-12(2)16(11)25-18-17-14(5-6-23-18)27(10-24-17)9-15(28)26(3)4/h5-8,10H,9H2,1-4H3,(H,23,25). The Morgan fingerprint density at radius 3 is 2.39 bits per heavy atom. The Labute approximate surface area is 160 Å². The number of pyridine rings is 1. The number of carbonyl (C=O) groups excluding carboxylic acids is 1. The Kier molecular flexibility index (Phi) is 5.01. The number of aryl methyl sites for hydroxylation is 2. The molecule has 0 bridgehead atoms. The van der Waals surface area contributed by atoms with E-state index in [4.69, 9.17) is 0 Å². The average Bonchev–Trinajstić information content (AvgIpc) is 3.00. The molecule has 0 spiro atoms. The van der Waals surface area contributed by atoms with Crippen LogP contribution in [0, 0.1) is 13.8 Å². The van der Waals surface area contributed by atoms with Crippen LogP contribution in [0.5, 0.6) is 0 Å². The molecule has 2 aromatic heterocycles. The van der Waals surface area contributed by atoms with Crippen molar-refractivity contribution < 1.29 is 18.0 Å². The summed E-state index contributed by atoms with van der Waals surface area (Å²) in [6.07, 6.45) is -1.28. The number of amides is 1. The molecule has 0 unspecified atom stereocenters. The number of carbonyl (C=O) groups is 1. The van der Waals surface area contributed by atoms with Crippen molar-refractivity contribution in [1.82, 2.24) is 19.4 Å². The summed E-state index contributed by atoms with van der Waals surface area (Å²) in [5.74, 6) is 0.333. The number of anilines is 2. The first kappa shape index (κ1) is 19.7. The number of alkyl halides is 3. The summed E-state index contributed by atoms with van der Waals surface area (Å²) in [4.78, 5) is 22.1. The maximum absolute atomic E-state index is 13.0. The zero-order valence-corrected chi connectivity index (χ0v) is 15.9. The van der Waals surface area contributed by atoms with Crippen molar-refractivity contribution in [2.45, 2.75) is 26.6 Å². The summed E-state index contributed by atoms with van der Waals surface area (Å²) in [5.41, 5.74) is 2.00. The Morgan fingerprint density at radius 1 is 1.18 bits per heavy atom. The molecule has 28 heavy (non-hydrogen) atoms. The highest BCUT2D eigenvalue weighted by atomic mass is 19.4. The van der Waals surface area contributed by atoms with Crippen LogP contribution < -0.4 is 5.32 Å². The lowest BCUT2D eigenvalue weighted by Gasteiger charge is -2.16. The molecule has 1 aromatic carbocycles. The second kappa shape index (κ2) is 7.14. The number of imidazole rings is 1. The second-order valence-corrected chi connectivity index (χ2v) is 6.80. The molecule has 0 atom stereocenters. The molecule has 0 aliphatic heterocycles. The quantitative estimate of drug-likeness (QED) is 0.733. The SMILES string of the molecule is Cc1cc(C(F)(F)F)cc(C)c1Nc1nccc2c1ncn2CC(=O)N(C)C. The highest BCUT2D eigenvalue weighted by Gasteiger charge is 2.31. The molecule has 3 rings (SSSR count). The van der Waals surface area contributed by atoms with E-state index in [2.05, 4.69) is 15.3 Å². The fraction of sp³-hybridized carbons (Fsp3) is 0.316. The highest BCUT2D eigenvalue weighted by molar-refractivity contribution is 5.89. The largest absolute Gasteiger partial charge is 0.416 e. The van der Waals surface area contributed by atoms with E-state index >= 15 is 0 Å². The summed E-state index contributed by atoms with van der Waals surface area (Å²) in [6, 6.07) is 3.94. The third kappa shape index (κ3) is 3.78. The second-order valence-electron chi connectivity index (χ2n) is 6.80. The van der Waals surface area contributed by atoms with Crippen LogP contribution in [0.15, 0.2) is 30.7 Å². The van der Waals surface area contributed by atoms with Gasteiger partial charge >= 0.3 is 6.18 Å². The number of halogens is 3. The summed E-state index contributed by atoms with van der Waals surface area (Å²) in [5, 5.41) is 3.10. The number of hydrogen-bond acceptors (Lipinski definition) is 4. The van der Waals surface area contributed by atoms with Crippen LogP contribution in [0.4, 0.5) is 24.7 Å². The Morgan fingerprint density at radius 2 is 1.82 bits per heavy atom. The van der Waals surface area contributed by atoms with Gasteiger partial charge in [-0.05, 0) is 43.2 Å². The number of benzene rings is 1. The van der Waals surface area contributed by atoms with Crippen molar-refractivity contribution in [2.75, 3.05) is 19.4 Å². The molecule has 9 heteroatoms. The molecule has 0 aliphatic rings. The normalized spacial score (nSPS) is 11.7. The Hall–Kier alpha value is -3.10. The van der Waals surface area contributed by atoms with Gasteiger partial charge in [-0.1, -0.05) is 0 Å². The topological polar surface area (TPSA) is 63.1 Å². The first-order chi connectivity index (χ1) is 13.1. The van der Waals surface area contributed by atoms with Crippen LogP contribution in [-0.4, -0.2) is 39.4 Å². The molecule has 0 fully saturated rings. The summed E-state index contributed by atoms with van der Waals surface area (Å²) in [7, 11) is 3.35. The third-order valence-electron chi connectivity index (χ3n) is 4.45. The molecular weight excluding hydrogens is 371 g/mol. The number of nitrogens with zero attached hydrogens (tertiary/aromatic N) is 4. The Bertz CT molecular complexity index is 1020. The van der Waals surface area contributed by atoms with Crippen LogP contribution in [0.25, 0.3) is 11.0 Å². The molecule has 0 saturated carbocycles. The van der Waals surface area contributed by atoms with Crippen molar-refractivity contribution in [3.63, 3.8) is 0 Å². The van der Waals surface area contributed by atoms with Gasteiger partial charge < -0.3 is 14.8 Å². The lowest BCUT2D eigenvalue weighted by Crippen LogP contribution is -2.25. The monoisotopic (exact) mass is 391 g/mol. The summed E-state index contributed by atoms with van der Waals surface area (Å²) < 4.78 is 40.7. The van der Waals surface area contributed by atoms with Crippen molar-refractivity contribution >= 4 is 28.4 Å². The van der Waals surface area contributed by atoms with Crippen LogP contribution in [0.2, 0.25) is 0 Å². The van der Waals surface area contributed by atoms with Gasteiger partial charge in [-0.25, -0.2) is 9.97 Å². The Balaban J connectivity index is 1.98. The predicted octanol–water partition coefficient (Wildman–Crippen LogP) is 3.90. The van der Waals surface area contributed by atoms with Crippen LogP contribution in [0.3, 0.4) is 0 Å². The minimum atomic E-state index is -4.40. The first-order valence-electron chi connectivity index (χ1n) is 8.53. The summed E-state index contributed by atoms with van der Waals surface area (Å²) >= 11 is 0. The van der Waals surface area contributed by atoms with Gasteiger partial charge in [-0.15, -0.1) is 0 Å². The van der Waals surface area contributed by atoms with Crippen molar-refractivity contribution in [2.24, 2.45) is 0 Å². The minimum absolute atomic E-state index is 0.0833. The zero-order chi connectivity index (χ0) is 20.6. The van der Waals surface area contributed by atoms with Gasteiger partial charge in [-0.2, -0.15) is 13.2 Å². The molecular formula is C19H20F3N5O. The third-order valence-corrected chi connectivity index (χ3v) is 4.45. The number of rotatable bonds is 4. The molecule has 148 valence electrons. The van der Waals surface area contributed by atoms with Gasteiger partial charge in [0.15, 0.2) is 5.82 Å². The van der Waals surface area contributed by atoms with Gasteiger partial charge in [0, 0.05) is 26.0 Å². The van der Waals surface area contributed by atoms with E-state index in [1.54, 1.807) is 51.1 Å². The van der Waals surface area contributed by atoms with Gasteiger partial charge in [0.1, 0.15) is 12.1 Å². The van der Waals surface area contributed by atoms with Crippen molar-refractivity contribution in [3.8, 4) is 0 Å². The van der Waals surface area contributed by atoms with E-state index in [9.17, 15) is 18.0 Å². The fourth-order valence-electron chi connectivity index (χ4n) is 2.94. The smallest absolute Gasteiger partial charge is 0.347 e. The lowest BCUT2D eigenvalue weighted by atomic mass is 10.0. The molecule has 2 heterocycles. The van der Waals surface area contributed by atoms with Crippen molar-refractivity contribution in [3.05, 3.63) is 47.4 Å². The molecule has 0 saturated heterocycles. The summed E-state index contributed by atoms with van der Waals surface area (Å²) in [6.45, 7) is 3.35. The fourth-order valence-corrected chi connectivity index (χ4v) is 2.94. The molecule has 1 amide bonds. The van der Waals surface area contributed by atoms with Crippen molar-refractivity contribution in [1.29, 1.82) is 0 Å². The maximum atomic E-state index is 13.0. The van der Waals surface area contributed by atoms with E-state index in [-0.39, 0.29) is 12.5 Å². The highest BCUT2D eigenvalue weighted by Crippen LogP contribution is 2.35. The number of hydrogen-bond donors (Lipinski definition) is 1. The van der Waals surface area contributed by atoms with E-state index in [0.29, 0.717) is 33.7 Å². The molecule has 0 radical (unpaired) electrons. The number of aromatic nitrogens is 3. The molecule has 0 aliphatic carbocycles. The zero-order valence-electron chi connectivity index (χ0n) is 15.9. The average molecular weight is 391 g/mol. The molecule has 3 aromatic rings. The number of likely N-dealkylation sites (N-methyl/N-ethyl adjacent to an activating group) is 1. The van der Waals surface area contributed by atoms with Crippen LogP contribution >= 0.6 is 0 Å². The van der Waals surface area contributed by atoms with Crippen LogP contribution in [0.1, 0.15) is 16.7 Å². The first-order valence-corrected chi connectivity index (χ1v) is 8.53. The van der Waals surface area contributed by atoms with E-state index in [1.165, 1.54) is 4.90 Å². The van der Waals surface area contributed by atoms with Gasteiger partial charge in [0.05, 0.1) is 17.4 Å². The van der Waals surface area contributed by atoms with Gasteiger partial charge in [-0.3, -0.25) is 4.79 Å². The maximum Gasteiger partial charge on any atom is 0.416 e. The van der Waals surface area contributed by atoms with E-state index in [0.717, 1.165) is 12.1 Å². The lowest BCUT2D eigenvalue weighted by molar-refractivity contribution is -0.137. The minimum Gasteiger partial charge on any atom is -0.347 e. The number of fused-ring (bicyclic) bond motifs is 1. The van der Waals surface area contributed by atoms with Crippen LogP contribution in [-0.2, 0) is 17.5 Å².